The summed E-state index contributed by atoms with van der Waals surface area (Å²) in [6.07, 6.45) is 1.90. The Balaban J connectivity index is 1.84. The molecule has 7 heteroatoms. The van der Waals surface area contributed by atoms with Gasteiger partial charge in [0.1, 0.15) is 16.2 Å². The molecule has 2 heterocycles. The first-order valence-corrected chi connectivity index (χ1v) is 13.6. The number of hydrogen-bond acceptors (Lipinski definition) is 7. The number of benzene rings is 3. The van der Waals surface area contributed by atoms with Gasteiger partial charge < -0.3 is 25.2 Å². The quantitative estimate of drug-likeness (QED) is 0.423. The number of thioether (sulfide) groups is 1. The molecule has 5 rings (SSSR count). The summed E-state index contributed by atoms with van der Waals surface area (Å²) in [5.74, 6) is 1.74. The Morgan fingerprint density at radius 2 is 1.27 bits per heavy atom. The number of nitrogens with zero attached hydrogens (tertiary/aromatic N) is 4. The summed E-state index contributed by atoms with van der Waals surface area (Å²) in [6.45, 7) is 2.17. The Hall–Kier alpha value is -3.16. The number of hydrogen-bond donors (Lipinski definition) is 1. The Kier molecular flexibility index (Phi) is 6.62. The summed E-state index contributed by atoms with van der Waals surface area (Å²) < 4.78 is 6.13. The smallest absolute Gasteiger partial charge is 0.134 e. The van der Waals surface area contributed by atoms with Crippen molar-refractivity contribution in [3.63, 3.8) is 0 Å². The second-order valence-corrected chi connectivity index (χ2v) is 11.7. The van der Waals surface area contributed by atoms with E-state index in [1.54, 1.807) is 11.8 Å². The van der Waals surface area contributed by atoms with E-state index >= 15 is 0 Å². The third-order valence-corrected chi connectivity index (χ3v) is 8.79. The van der Waals surface area contributed by atoms with Crippen molar-refractivity contribution in [1.29, 1.82) is 0 Å². The molecule has 0 fully saturated rings. The van der Waals surface area contributed by atoms with Crippen molar-refractivity contribution in [3.8, 4) is 11.5 Å². The van der Waals surface area contributed by atoms with Crippen molar-refractivity contribution in [3.05, 3.63) is 71.3 Å². The van der Waals surface area contributed by atoms with Gasteiger partial charge in [-0.2, -0.15) is 0 Å². The van der Waals surface area contributed by atoms with Gasteiger partial charge >= 0.3 is 0 Å². The average Bonchev–Trinajstić information content (AvgIpc) is 2.87. The maximum Gasteiger partial charge on any atom is 0.134 e. The Morgan fingerprint density at radius 3 is 1.76 bits per heavy atom. The molecular weight excluding hydrogens is 478 g/mol. The minimum atomic E-state index is -0.527. The molecule has 2 N–H and O–H groups in total. The third-order valence-electron chi connectivity index (χ3n) is 7.22. The van der Waals surface area contributed by atoms with Gasteiger partial charge in [-0.3, -0.25) is 0 Å². The molecule has 0 aliphatic carbocycles. The fourth-order valence-electron chi connectivity index (χ4n) is 5.13. The second kappa shape index (κ2) is 9.62. The van der Waals surface area contributed by atoms with E-state index in [0.717, 1.165) is 68.8 Å². The van der Waals surface area contributed by atoms with E-state index < -0.39 is 4.75 Å². The minimum Gasteiger partial charge on any atom is -0.456 e. The summed E-state index contributed by atoms with van der Waals surface area (Å²) in [4.78, 5) is 11.5. The molecule has 2 aliphatic rings. The van der Waals surface area contributed by atoms with E-state index in [0.29, 0.717) is 0 Å². The van der Waals surface area contributed by atoms with Gasteiger partial charge in [0.15, 0.2) is 0 Å². The molecule has 0 aromatic heterocycles. The minimum absolute atomic E-state index is 0.125. The molecular formula is C30H37N5OS. The number of rotatable bonds is 6. The lowest BCUT2D eigenvalue weighted by Crippen LogP contribution is -2.38. The highest BCUT2D eigenvalue weighted by Gasteiger charge is 2.49. The monoisotopic (exact) mass is 515 g/mol. The van der Waals surface area contributed by atoms with Gasteiger partial charge in [0.2, 0.25) is 0 Å². The fraction of sp³-hybridized carbons (Fsp3) is 0.367. The molecule has 0 saturated heterocycles. The van der Waals surface area contributed by atoms with E-state index in [-0.39, 0.29) is 6.04 Å². The van der Waals surface area contributed by atoms with Crippen LogP contribution in [-0.2, 0) is 4.75 Å². The van der Waals surface area contributed by atoms with E-state index in [1.807, 2.05) is 0 Å². The van der Waals surface area contributed by atoms with Crippen LogP contribution in [0.4, 0.5) is 22.7 Å². The molecule has 0 saturated carbocycles. The van der Waals surface area contributed by atoms with E-state index in [4.69, 9.17) is 15.5 Å². The van der Waals surface area contributed by atoms with Crippen LogP contribution in [0.25, 0.3) is 0 Å². The Morgan fingerprint density at radius 1 is 0.784 bits per heavy atom. The third kappa shape index (κ3) is 4.24. The fourth-order valence-corrected chi connectivity index (χ4v) is 6.69. The van der Waals surface area contributed by atoms with Crippen molar-refractivity contribution in [2.24, 2.45) is 10.7 Å². The van der Waals surface area contributed by atoms with Gasteiger partial charge in [-0.1, -0.05) is 43.3 Å². The molecule has 6 nitrogen and oxygen atoms in total. The van der Waals surface area contributed by atoms with Crippen LogP contribution in [0.5, 0.6) is 11.5 Å². The first kappa shape index (κ1) is 25.5. The number of aliphatic imine (C=N–C) groups is 1. The van der Waals surface area contributed by atoms with Gasteiger partial charge in [-0.25, -0.2) is 4.99 Å². The van der Waals surface area contributed by atoms with Crippen LogP contribution in [0, 0.1) is 0 Å². The summed E-state index contributed by atoms with van der Waals surface area (Å²) in [5, 5.41) is 0.970. The molecule has 37 heavy (non-hydrogen) atoms. The maximum atomic E-state index is 6.76. The lowest BCUT2D eigenvalue weighted by atomic mass is 9.80. The molecule has 1 atom stereocenters. The Bertz CT molecular complexity index is 1310. The molecule has 3 aromatic carbocycles. The van der Waals surface area contributed by atoms with Crippen LogP contribution in [0.2, 0.25) is 0 Å². The predicted molar refractivity (Wildman–Crippen MR) is 160 cm³/mol. The normalized spacial score (nSPS) is 15.6. The van der Waals surface area contributed by atoms with Crippen LogP contribution < -0.4 is 25.2 Å². The van der Waals surface area contributed by atoms with E-state index in [9.17, 15) is 0 Å². The highest BCUT2D eigenvalue weighted by atomic mass is 32.2. The molecule has 1 unspecified atom stereocenters. The lowest BCUT2D eigenvalue weighted by Gasteiger charge is -2.44. The second-order valence-electron chi connectivity index (χ2n) is 10.5. The van der Waals surface area contributed by atoms with Crippen LogP contribution in [0.1, 0.15) is 36.5 Å². The summed E-state index contributed by atoms with van der Waals surface area (Å²) in [6, 6.07) is 19.6. The zero-order valence-electron chi connectivity index (χ0n) is 22.9. The molecule has 194 valence electrons. The summed E-state index contributed by atoms with van der Waals surface area (Å²) in [5.41, 5.74) is 14.5. The number of nitrogens with two attached hydrogens (primary N) is 1. The largest absolute Gasteiger partial charge is 0.456 e. The van der Waals surface area contributed by atoms with Crippen molar-refractivity contribution < 1.29 is 4.74 Å². The summed E-state index contributed by atoms with van der Waals surface area (Å²) in [7, 11) is 12.3. The van der Waals surface area contributed by atoms with Crippen molar-refractivity contribution >= 4 is 39.6 Å². The standard InChI is InChI=1S/C30H37N5OS/c1-8-9-25(31)29-32-26-16-19(33(2)3)10-13-22(26)30(37-29)23-14-11-20(34(4)5)17-27(23)36-28-18-21(35(6)7)12-15-24(28)30/h10-18,25H,8-9,31H2,1-7H3. The zero-order valence-corrected chi connectivity index (χ0v) is 23.7. The first-order chi connectivity index (χ1) is 17.6. The lowest BCUT2D eigenvalue weighted by molar-refractivity contribution is 0.447. The average molecular weight is 516 g/mol. The van der Waals surface area contributed by atoms with Crippen molar-refractivity contribution in [2.75, 3.05) is 57.0 Å². The Labute approximate surface area is 225 Å². The van der Waals surface area contributed by atoms with Gasteiger partial charge in [0, 0.05) is 88.2 Å². The molecule has 2 aliphatic heterocycles. The molecule has 0 bridgehead atoms. The SMILES string of the molecule is CCCC(N)C1=Nc2cc(N(C)C)ccc2C2(S1)c1ccc(N(C)C)cc1Oc1cc(N(C)C)ccc12. The van der Waals surface area contributed by atoms with E-state index in [1.165, 1.54) is 0 Å². The number of anilines is 3. The van der Waals surface area contributed by atoms with Gasteiger partial charge in [0.25, 0.3) is 0 Å². The summed E-state index contributed by atoms with van der Waals surface area (Å²) >= 11 is 1.78. The number of fused-ring (bicyclic) bond motifs is 6. The first-order valence-electron chi connectivity index (χ1n) is 12.8. The maximum absolute atomic E-state index is 6.76. The number of ether oxygens (including phenoxy) is 1. The highest BCUT2D eigenvalue weighted by molar-refractivity contribution is 8.15. The predicted octanol–water partition coefficient (Wildman–Crippen LogP) is 6.19. The van der Waals surface area contributed by atoms with Crippen molar-refractivity contribution in [1.82, 2.24) is 0 Å². The van der Waals surface area contributed by atoms with Gasteiger partial charge in [-0.05, 0) is 30.7 Å². The van der Waals surface area contributed by atoms with Crippen LogP contribution in [-0.4, -0.2) is 53.4 Å². The van der Waals surface area contributed by atoms with Gasteiger partial charge in [-0.15, -0.1) is 0 Å². The zero-order chi connectivity index (χ0) is 26.5. The van der Waals surface area contributed by atoms with Crippen LogP contribution in [0.3, 0.4) is 0 Å². The topological polar surface area (TPSA) is 57.3 Å². The van der Waals surface area contributed by atoms with Crippen molar-refractivity contribution in [2.45, 2.75) is 30.6 Å². The highest BCUT2D eigenvalue weighted by Crippen LogP contribution is 2.62. The van der Waals surface area contributed by atoms with Crippen LogP contribution >= 0.6 is 11.8 Å². The molecule has 3 aromatic rings. The molecule has 1 spiro atoms. The molecule has 0 radical (unpaired) electrons. The van der Waals surface area contributed by atoms with Gasteiger partial charge in [0.05, 0.1) is 16.8 Å². The van der Waals surface area contributed by atoms with E-state index in [2.05, 4.69) is 119 Å². The van der Waals surface area contributed by atoms with Crippen LogP contribution in [0.15, 0.2) is 59.6 Å². The molecule has 0 amide bonds.